The van der Waals surface area contributed by atoms with Crippen LogP contribution >= 0.6 is 0 Å². The lowest BCUT2D eigenvalue weighted by Crippen LogP contribution is -2.51. The number of allylic oxidation sites excluding steroid dienone is 1. The lowest BCUT2D eigenvalue weighted by Gasteiger charge is -2.57. The first kappa shape index (κ1) is 16.4. The molecule has 0 N–H and O–H groups in total. The molecule has 3 nitrogen and oxygen atoms in total. The van der Waals surface area contributed by atoms with Gasteiger partial charge in [-0.3, -0.25) is 9.59 Å². The Kier molecular flexibility index (Phi) is 3.71. The lowest BCUT2D eigenvalue weighted by atomic mass is 9.47. The Morgan fingerprint density at radius 2 is 1.88 bits per heavy atom. The summed E-state index contributed by atoms with van der Waals surface area (Å²) in [6.45, 7) is 4.76. The highest BCUT2D eigenvalue weighted by molar-refractivity contribution is 5.91. The van der Waals surface area contributed by atoms with Crippen LogP contribution in [-0.4, -0.2) is 18.9 Å². The second kappa shape index (κ2) is 5.44. The molecule has 3 saturated carbocycles. The van der Waals surface area contributed by atoms with Gasteiger partial charge in [0.1, 0.15) is 0 Å². The fourth-order valence-electron chi connectivity index (χ4n) is 7.09. The van der Waals surface area contributed by atoms with Crippen LogP contribution in [0.15, 0.2) is 11.6 Å². The van der Waals surface area contributed by atoms with E-state index in [0.29, 0.717) is 23.5 Å². The second-order valence-electron chi connectivity index (χ2n) is 9.17. The van der Waals surface area contributed by atoms with Crippen molar-refractivity contribution in [3.05, 3.63) is 11.6 Å². The van der Waals surface area contributed by atoms with E-state index in [1.54, 1.807) is 0 Å². The van der Waals surface area contributed by atoms with E-state index in [1.807, 2.05) is 6.08 Å². The summed E-state index contributed by atoms with van der Waals surface area (Å²) in [5.41, 5.74) is 1.77. The van der Waals surface area contributed by atoms with Gasteiger partial charge in [0.2, 0.25) is 0 Å². The van der Waals surface area contributed by atoms with Gasteiger partial charge in [0.25, 0.3) is 0 Å². The third-order valence-electron chi connectivity index (χ3n) is 8.45. The Morgan fingerprint density at radius 3 is 2.62 bits per heavy atom. The minimum atomic E-state index is 0.00400. The zero-order valence-electron chi connectivity index (χ0n) is 15.3. The zero-order valence-corrected chi connectivity index (χ0v) is 15.3. The monoisotopic (exact) mass is 330 g/mol. The molecule has 0 heterocycles. The minimum Gasteiger partial charge on any atom is -0.469 e. The quantitative estimate of drug-likeness (QED) is 0.673. The van der Waals surface area contributed by atoms with Crippen LogP contribution in [0.3, 0.4) is 0 Å². The average molecular weight is 330 g/mol. The number of methoxy groups -OCH3 is 1. The van der Waals surface area contributed by atoms with Crippen LogP contribution in [0.5, 0.6) is 0 Å². The molecule has 0 radical (unpaired) electrons. The predicted molar refractivity (Wildman–Crippen MR) is 92.2 cm³/mol. The molecule has 0 aliphatic heterocycles. The van der Waals surface area contributed by atoms with Gasteiger partial charge in [-0.15, -0.1) is 0 Å². The SMILES string of the molecule is COC(=O)[C@H]1CC[C@@H]2[C@H]3CCC4=CC(=O)CC[C@]4(C)[C@@H]3CC[C@]12C. The largest absolute Gasteiger partial charge is 0.469 e. The normalized spacial score (nSPS) is 47.3. The molecule has 132 valence electrons. The van der Waals surface area contributed by atoms with E-state index in [1.165, 1.54) is 31.9 Å². The minimum absolute atomic E-state index is 0.00400. The van der Waals surface area contributed by atoms with Crippen LogP contribution < -0.4 is 0 Å². The van der Waals surface area contributed by atoms with E-state index in [4.69, 9.17) is 4.74 Å². The first-order valence-corrected chi connectivity index (χ1v) is 9.72. The fourth-order valence-corrected chi connectivity index (χ4v) is 7.09. The molecular weight excluding hydrogens is 300 g/mol. The molecule has 24 heavy (non-hydrogen) atoms. The van der Waals surface area contributed by atoms with E-state index >= 15 is 0 Å². The van der Waals surface area contributed by atoms with Gasteiger partial charge < -0.3 is 4.74 Å². The molecule has 0 bridgehead atoms. The molecule has 4 aliphatic carbocycles. The molecular formula is C21H30O3. The van der Waals surface area contributed by atoms with Crippen LogP contribution in [0, 0.1) is 34.5 Å². The molecule has 0 aromatic heterocycles. The Balaban J connectivity index is 1.65. The summed E-state index contributed by atoms with van der Waals surface area (Å²) in [6, 6.07) is 0. The van der Waals surface area contributed by atoms with Crippen molar-refractivity contribution in [1.82, 2.24) is 0 Å². The Hall–Kier alpha value is -1.12. The van der Waals surface area contributed by atoms with Crippen LogP contribution in [0.25, 0.3) is 0 Å². The van der Waals surface area contributed by atoms with E-state index < -0.39 is 0 Å². The smallest absolute Gasteiger partial charge is 0.309 e. The number of carbonyl (C=O) groups excluding carboxylic acids is 2. The molecule has 0 aromatic carbocycles. The zero-order chi connectivity index (χ0) is 17.1. The summed E-state index contributed by atoms with van der Waals surface area (Å²) in [5.74, 6) is 2.48. The molecule has 4 aliphatic rings. The van der Waals surface area contributed by atoms with Crippen molar-refractivity contribution in [1.29, 1.82) is 0 Å². The van der Waals surface area contributed by atoms with E-state index in [0.717, 1.165) is 32.1 Å². The van der Waals surface area contributed by atoms with Crippen LogP contribution in [0.4, 0.5) is 0 Å². The Morgan fingerprint density at radius 1 is 1.08 bits per heavy atom. The van der Waals surface area contributed by atoms with Crippen molar-refractivity contribution in [3.8, 4) is 0 Å². The number of ketones is 1. The fraction of sp³-hybridized carbons (Fsp3) is 0.810. The summed E-state index contributed by atoms with van der Waals surface area (Å²) >= 11 is 0. The maximum Gasteiger partial charge on any atom is 0.309 e. The van der Waals surface area contributed by atoms with Crippen molar-refractivity contribution in [2.45, 2.75) is 65.2 Å². The second-order valence-corrected chi connectivity index (χ2v) is 9.17. The number of rotatable bonds is 1. The molecule has 0 amide bonds. The maximum atomic E-state index is 12.3. The summed E-state index contributed by atoms with van der Waals surface area (Å²) < 4.78 is 5.12. The number of fused-ring (bicyclic) bond motifs is 5. The van der Waals surface area contributed by atoms with E-state index in [-0.39, 0.29) is 22.7 Å². The summed E-state index contributed by atoms with van der Waals surface area (Å²) in [7, 11) is 1.53. The molecule has 3 heteroatoms. The highest BCUT2D eigenvalue weighted by Gasteiger charge is 2.60. The van der Waals surface area contributed by atoms with E-state index in [9.17, 15) is 9.59 Å². The van der Waals surface area contributed by atoms with Gasteiger partial charge in [-0.25, -0.2) is 0 Å². The first-order chi connectivity index (χ1) is 11.4. The first-order valence-electron chi connectivity index (χ1n) is 9.72. The topological polar surface area (TPSA) is 43.4 Å². The maximum absolute atomic E-state index is 12.3. The van der Waals surface area contributed by atoms with Gasteiger partial charge in [-0.05, 0) is 79.6 Å². The third-order valence-corrected chi connectivity index (χ3v) is 8.45. The van der Waals surface area contributed by atoms with Gasteiger partial charge in [-0.2, -0.15) is 0 Å². The Labute approximate surface area is 145 Å². The van der Waals surface area contributed by atoms with E-state index in [2.05, 4.69) is 13.8 Å². The van der Waals surface area contributed by atoms with Gasteiger partial charge in [0.05, 0.1) is 13.0 Å². The van der Waals surface area contributed by atoms with Crippen molar-refractivity contribution >= 4 is 11.8 Å². The highest BCUT2D eigenvalue weighted by atomic mass is 16.5. The van der Waals surface area contributed by atoms with Gasteiger partial charge in [0.15, 0.2) is 5.78 Å². The number of ether oxygens (including phenoxy) is 1. The molecule has 6 atom stereocenters. The molecule has 4 rings (SSSR count). The predicted octanol–water partition coefficient (Wildman–Crippen LogP) is 4.31. The van der Waals surface area contributed by atoms with Crippen LogP contribution in [0.2, 0.25) is 0 Å². The molecule has 0 aromatic rings. The van der Waals surface area contributed by atoms with Gasteiger partial charge in [-0.1, -0.05) is 19.4 Å². The summed E-state index contributed by atoms with van der Waals surface area (Å²) in [4.78, 5) is 24.2. The summed E-state index contributed by atoms with van der Waals surface area (Å²) in [6.07, 6.45) is 10.5. The molecule has 0 spiro atoms. The summed E-state index contributed by atoms with van der Waals surface area (Å²) in [5, 5.41) is 0. The highest BCUT2D eigenvalue weighted by Crippen LogP contribution is 2.66. The molecule has 0 unspecified atom stereocenters. The van der Waals surface area contributed by atoms with Crippen molar-refractivity contribution < 1.29 is 14.3 Å². The standard InChI is InChI=1S/C21H30O3/c1-20-10-8-14(22)12-13(20)4-5-15-16-6-7-18(19(23)24-3)21(16,2)11-9-17(15)20/h12,15-18H,4-11H2,1-3H3/t15-,16-,17-,18-,20+,21+/m1/s1. The average Bonchev–Trinajstić information content (AvgIpc) is 2.92. The van der Waals surface area contributed by atoms with Crippen molar-refractivity contribution in [3.63, 3.8) is 0 Å². The van der Waals surface area contributed by atoms with Gasteiger partial charge in [0, 0.05) is 6.42 Å². The number of esters is 1. The lowest BCUT2D eigenvalue weighted by molar-refractivity contribution is -0.152. The Bertz CT molecular complexity index is 606. The molecule has 3 fully saturated rings. The van der Waals surface area contributed by atoms with Gasteiger partial charge >= 0.3 is 5.97 Å². The number of carbonyl (C=O) groups is 2. The third kappa shape index (κ3) is 2.09. The number of hydrogen-bond donors (Lipinski definition) is 0. The van der Waals surface area contributed by atoms with Crippen LogP contribution in [0.1, 0.15) is 65.2 Å². The van der Waals surface area contributed by atoms with Crippen molar-refractivity contribution in [2.24, 2.45) is 34.5 Å². The molecule has 0 saturated heterocycles. The number of hydrogen-bond acceptors (Lipinski definition) is 3. The van der Waals surface area contributed by atoms with Crippen LogP contribution in [-0.2, 0) is 14.3 Å². The van der Waals surface area contributed by atoms with Crippen molar-refractivity contribution in [2.75, 3.05) is 7.11 Å².